The van der Waals surface area contributed by atoms with Crippen LogP contribution < -0.4 is 0 Å². The molecule has 52 valence electrons. The van der Waals surface area contributed by atoms with Crippen molar-refractivity contribution in [1.82, 2.24) is 0 Å². The van der Waals surface area contributed by atoms with E-state index >= 15 is 0 Å². The summed E-state index contributed by atoms with van der Waals surface area (Å²) in [5.41, 5.74) is 0. The Hall–Kier alpha value is -0.325. The molecule has 4 radical (unpaired) electrons. The van der Waals surface area contributed by atoms with Gasteiger partial charge in [-0.3, -0.25) is 0 Å². The Balaban J connectivity index is 2.24. The largest absolute Gasteiger partial charge is 0.0861 e. The van der Waals surface area contributed by atoms with Crippen LogP contribution in [0.4, 0.5) is 0 Å². The van der Waals surface area contributed by atoms with Crippen molar-refractivity contribution in [1.29, 1.82) is 0 Å². The smallest absolute Gasteiger partial charge is 0.0548 e. The van der Waals surface area contributed by atoms with E-state index in [0.29, 0.717) is 11.8 Å². The average Bonchev–Trinajstić information content (AvgIpc) is 2.52. The fraction of sp³-hybridized carbons (Fsp3) is 0.500. The van der Waals surface area contributed by atoms with Crippen molar-refractivity contribution in [3.05, 3.63) is 24.3 Å². The summed E-state index contributed by atoms with van der Waals surface area (Å²) in [5.74, 6) is 1.29. The van der Waals surface area contributed by atoms with Gasteiger partial charge in [-0.2, -0.15) is 0 Å². The number of allylic oxidation sites excluding steroid dienone is 4. The average molecular weight is 140 g/mol. The van der Waals surface area contributed by atoms with E-state index < -0.39 is 0 Å². The Morgan fingerprint density at radius 3 is 2.64 bits per heavy atom. The lowest BCUT2D eigenvalue weighted by Crippen LogP contribution is -2.12. The molecule has 1 unspecified atom stereocenters. The molecule has 0 aromatic carbocycles. The predicted molar refractivity (Wildman–Crippen MR) is 53.0 cm³/mol. The molecule has 0 spiro atoms. The molecule has 3 heteroatoms. The lowest BCUT2D eigenvalue weighted by molar-refractivity contribution is 0.554. The molecule has 11 heavy (non-hydrogen) atoms. The maximum absolute atomic E-state index is 5.26. The molecule has 0 N–H and O–H groups in total. The van der Waals surface area contributed by atoms with Gasteiger partial charge in [-0.05, 0) is 11.8 Å². The summed E-state index contributed by atoms with van der Waals surface area (Å²) in [6.45, 7) is 2.24. The third-order valence-electron chi connectivity index (χ3n) is 2.08. The Labute approximate surface area is 72.0 Å². The molecule has 0 aromatic rings. The van der Waals surface area contributed by atoms with Crippen molar-refractivity contribution in [3.63, 3.8) is 0 Å². The minimum atomic E-state index is 0.617. The third kappa shape index (κ3) is 2.65. The zero-order chi connectivity index (χ0) is 8.10. The minimum absolute atomic E-state index is 0.617. The maximum Gasteiger partial charge on any atom is 0.0548 e. The van der Waals surface area contributed by atoms with Crippen LogP contribution in [0.1, 0.15) is 6.92 Å². The van der Waals surface area contributed by atoms with Crippen molar-refractivity contribution < 1.29 is 0 Å². The predicted octanol–water partition coefficient (Wildman–Crippen LogP) is 1.19. The summed E-state index contributed by atoms with van der Waals surface area (Å²) in [5, 5.41) is 0. The molecule has 0 heterocycles. The van der Waals surface area contributed by atoms with Gasteiger partial charge in [0.2, 0.25) is 0 Å². The Bertz CT molecular complexity index is 151. The normalized spacial score (nSPS) is 18.6. The fourth-order valence-electron chi connectivity index (χ4n) is 1.28. The van der Waals surface area contributed by atoms with Gasteiger partial charge in [0.25, 0.3) is 0 Å². The minimum Gasteiger partial charge on any atom is -0.0861 e. The Morgan fingerprint density at radius 2 is 2.09 bits per heavy atom. The summed E-state index contributed by atoms with van der Waals surface area (Å²) < 4.78 is 0. The molecular weight excluding hydrogens is 129 g/mol. The summed E-state index contributed by atoms with van der Waals surface area (Å²) in [6, 6.07) is 0. The molecule has 0 aromatic heterocycles. The Morgan fingerprint density at radius 1 is 1.45 bits per heavy atom. The second-order valence-electron chi connectivity index (χ2n) is 2.99. The molecule has 0 bridgehead atoms. The highest BCUT2D eigenvalue weighted by Gasteiger charge is 2.11. The van der Waals surface area contributed by atoms with Crippen molar-refractivity contribution in [2.75, 3.05) is 0 Å². The molecule has 1 aliphatic carbocycles. The summed E-state index contributed by atoms with van der Waals surface area (Å²) in [4.78, 5) is 0. The van der Waals surface area contributed by atoms with Crippen LogP contribution in [0, 0.1) is 11.8 Å². The van der Waals surface area contributed by atoms with E-state index in [0.717, 1.165) is 6.32 Å². The van der Waals surface area contributed by atoms with Gasteiger partial charge in [0.1, 0.15) is 0 Å². The molecule has 1 atom stereocenters. The zero-order valence-electron chi connectivity index (χ0n) is 6.90. The first kappa shape index (κ1) is 8.77. The van der Waals surface area contributed by atoms with E-state index in [1.165, 1.54) is 0 Å². The van der Waals surface area contributed by atoms with Gasteiger partial charge in [-0.1, -0.05) is 37.5 Å². The highest BCUT2D eigenvalue weighted by molar-refractivity contribution is 7.23. The monoisotopic (exact) mass is 140 g/mol. The van der Waals surface area contributed by atoms with E-state index in [1.54, 1.807) is 7.06 Å². The quantitative estimate of drug-likeness (QED) is 0.514. The lowest BCUT2D eigenvalue weighted by atomic mass is 9.26. The van der Waals surface area contributed by atoms with Gasteiger partial charge in [0, 0.05) is 14.8 Å². The van der Waals surface area contributed by atoms with Crippen LogP contribution in [0.3, 0.4) is 0 Å². The second-order valence-corrected chi connectivity index (χ2v) is 2.99. The van der Waals surface area contributed by atoms with E-state index in [2.05, 4.69) is 31.2 Å². The first-order valence-electron chi connectivity index (χ1n) is 4.06. The standard InChI is InChI=1S/C8H11B3/c1-7(6-10-11-9)8-4-2-3-5-8/h2-5,7-8H,6H2,1H3. The highest BCUT2D eigenvalue weighted by Crippen LogP contribution is 2.21. The second kappa shape index (κ2) is 4.53. The molecule has 0 saturated carbocycles. The van der Waals surface area contributed by atoms with E-state index in [4.69, 9.17) is 7.74 Å². The van der Waals surface area contributed by atoms with Crippen molar-refractivity contribution in [2.45, 2.75) is 13.2 Å². The van der Waals surface area contributed by atoms with Gasteiger partial charge in [0.15, 0.2) is 0 Å². The third-order valence-corrected chi connectivity index (χ3v) is 2.08. The lowest BCUT2D eigenvalue weighted by Gasteiger charge is -2.14. The van der Waals surface area contributed by atoms with E-state index in [9.17, 15) is 0 Å². The fourth-order valence-corrected chi connectivity index (χ4v) is 1.28. The van der Waals surface area contributed by atoms with Gasteiger partial charge in [-0.15, -0.1) is 0 Å². The van der Waals surface area contributed by atoms with Crippen LogP contribution in [0.5, 0.6) is 0 Å². The van der Waals surface area contributed by atoms with E-state index in [-0.39, 0.29) is 0 Å². The molecule has 0 nitrogen and oxygen atoms in total. The van der Waals surface area contributed by atoms with Crippen LogP contribution in [0.15, 0.2) is 24.3 Å². The first-order chi connectivity index (χ1) is 5.34. The van der Waals surface area contributed by atoms with Crippen molar-refractivity contribution in [2.24, 2.45) is 11.8 Å². The molecular formula is C8H11B3. The molecule has 0 fully saturated rings. The first-order valence-corrected chi connectivity index (χ1v) is 4.06. The van der Waals surface area contributed by atoms with Gasteiger partial charge < -0.3 is 0 Å². The molecule has 1 rings (SSSR count). The van der Waals surface area contributed by atoms with Gasteiger partial charge in [0.05, 0.1) is 7.17 Å². The van der Waals surface area contributed by atoms with Crippen molar-refractivity contribution >= 4 is 22.0 Å². The number of rotatable bonds is 4. The van der Waals surface area contributed by atoms with Crippen LogP contribution in [-0.4, -0.2) is 22.0 Å². The van der Waals surface area contributed by atoms with Crippen LogP contribution >= 0.6 is 0 Å². The SMILES string of the molecule is [B][B][B]CC(C)C1C=CC=C1. The molecule has 0 saturated heterocycles. The highest BCUT2D eigenvalue weighted by atomic mass is 14.1. The molecule has 1 aliphatic rings. The van der Waals surface area contributed by atoms with Crippen LogP contribution in [0.25, 0.3) is 0 Å². The Kier molecular flexibility index (Phi) is 3.61. The molecule has 0 amide bonds. The number of hydrogen-bond acceptors (Lipinski definition) is 0. The van der Waals surface area contributed by atoms with E-state index in [1.807, 2.05) is 7.17 Å². The summed E-state index contributed by atoms with van der Waals surface area (Å²) in [6.07, 6.45) is 9.74. The topological polar surface area (TPSA) is 0 Å². The summed E-state index contributed by atoms with van der Waals surface area (Å²) in [7, 11) is 8.90. The van der Waals surface area contributed by atoms with Crippen molar-refractivity contribution in [3.8, 4) is 0 Å². The van der Waals surface area contributed by atoms with Crippen LogP contribution in [-0.2, 0) is 0 Å². The zero-order valence-corrected chi connectivity index (χ0v) is 6.90. The maximum atomic E-state index is 5.26. The van der Waals surface area contributed by atoms with Crippen LogP contribution in [0.2, 0.25) is 6.32 Å². The van der Waals surface area contributed by atoms with Gasteiger partial charge >= 0.3 is 0 Å². The molecule has 0 aliphatic heterocycles. The van der Waals surface area contributed by atoms with Gasteiger partial charge in [-0.25, -0.2) is 0 Å². The summed E-state index contributed by atoms with van der Waals surface area (Å²) >= 11 is 0. The number of hydrogen-bond donors (Lipinski definition) is 0.